The summed E-state index contributed by atoms with van der Waals surface area (Å²) < 4.78 is 32.5. The Kier molecular flexibility index (Phi) is 4.79. The second-order valence-corrected chi connectivity index (χ2v) is 7.10. The van der Waals surface area contributed by atoms with E-state index in [9.17, 15) is 8.42 Å². The Labute approximate surface area is 119 Å². The lowest BCUT2D eigenvalue weighted by Gasteiger charge is -2.37. The molecular formula is C12H22N4O3S. The average molecular weight is 302 g/mol. The molecule has 0 atom stereocenters. The first-order valence-electron chi connectivity index (χ1n) is 6.68. The average Bonchev–Trinajstić information content (AvgIpc) is 2.85. The summed E-state index contributed by atoms with van der Waals surface area (Å²) in [4.78, 5) is 0.207. The Morgan fingerprint density at radius 1 is 1.45 bits per heavy atom. The molecule has 1 saturated heterocycles. The van der Waals surface area contributed by atoms with Gasteiger partial charge in [-0.05, 0) is 32.9 Å². The van der Waals surface area contributed by atoms with Crippen LogP contribution in [0.15, 0.2) is 11.1 Å². The number of ether oxygens (including phenoxy) is 1. The number of hydrogen-bond acceptors (Lipinski definition) is 5. The van der Waals surface area contributed by atoms with Gasteiger partial charge in [0.2, 0.25) is 10.0 Å². The second-order valence-electron chi connectivity index (χ2n) is 5.37. The van der Waals surface area contributed by atoms with Gasteiger partial charge < -0.3 is 10.1 Å². The molecule has 20 heavy (non-hydrogen) atoms. The van der Waals surface area contributed by atoms with E-state index in [0.717, 1.165) is 25.9 Å². The lowest BCUT2D eigenvalue weighted by atomic mass is 9.80. The molecule has 0 aliphatic carbocycles. The molecule has 0 radical (unpaired) electrons. The van der Waals surface area contributed by atoms with Gasteiger partial charge in [-0.15, -0.1) is 0 Å². The number of sulfonamides is 1. The van der Waals surface area contributed by atoms with E-state index >= 15 is 0 Å². The summed E-state index contributed by atoms with van der Waals surface area (Å²) in [6.45, 7) is 4.40. The molecule has 0 spiro atoms. The van der Waals surface area contributed by atoms with Crippen LogP contribution in [0.3, 0.4) is 0 Å². The Balaban J connectivity index is 2.07. The number of nitrogens with zero attached hydrogens (tertiary/aromatic N) is 1. The van der Waals surface area contributed by atoms with Crippen molar-refractivity contribution < 1.29 is 13.2 Å². The standard InChI is InChI=1S/C12H22N4O3S/c1-10-11(7-14-16-10)20(17,18)15-8-12(9-19-2)3-5-13-6-4-12/h7,13,15H,3-6,8-9H2,1-2H3,(H,14,16). The minimum atomic E-state index is -3.52. The maximum Gasteiger partial charge on any atom is 0.243 e. The van der Waals surface area contributed by atoms with Crippen LogP contribution in [-0.2, 0) is 14.8 Å². The van der Waals surface area contributed by atoms with Crippen molar-refractivity contribution in [1.29, 1.82) is 0 Å². The topological polar surface area (TPSA) is 96.1 Å². The van der Waals surface area contributed by atoms with Crippen molar-refractivity contribution in [3.05, 3.63) is 11.9 Å². The number of aryl methyl sites for hydroxylation is 1. The summed E-state index contributed by atoms with van der Waals surface area (Å²) in [7, 11) is -1.87. The predicted octanol–water partition coefficient (Wildman–Crippen LogP) is 0.0126. The van der Waals surface area contributed by atoms with Gasteiger partial charge >= 0.3 is 0 Å². The van der Waals surface area contributed by atoms with Crippen LogP contribution in [0.4, 0.5) is 0 Å². The molecule has 2 heterocycles. The molecule has 1 aliphatic heterocycles. The van der Waals surface area contributed by atoms with Crippen LogP contribution >= 0.6 is 0 Å². The SMILES string of the molecule is COCC1(CNS(=O)(=O)c2cn[nH]c2C)CCNCC1. The van der Waals surface area contributed by atoms with Crippen LogP contribution in [0, 0.1) is 12.3 Å². The highest BCUT2D eigenvalue weighted by Crippen LogP contribution is 2.29. The van der Waals surface area contributed by atoms with Gasteiger partial charge in [-0.25, -0.2) is 13.1 Å². The molecule has 0 aromatic carbocycles. The highest BCUT2D eigenvalue weighted by Gasteiger charge is 2.34. The molecule has 2 rings (SSSR count). The van der Waals surface area contributed by atoms with E-state index in [2.05, 4.69) is 20.2 Å². The lowest BCUT2D eigenvalue weighted by Crippen LogP contribution is -2.47. The van der Waals surface area contributed by atoms with E-state index in [1.54, 1.807) is 14.0 Å². The van der Waals surface area contributed by atoms with E-state index in [1.165, 1.54) is 6.20 Å². The first-order chi connectivity index (χ1) is 9.49. The molecule has 1 aliphatic rings. The van der Waals surface area contributed by atoms with Crippen LogP contribution in [0.25, 0.3) is 0 Å². The van der Waals surface area contributed by atoms with Crippen LogP contribution < -0.4 is 10.0 Å². The maximum atomic E-state index is 12.3. The van der Waals surface area contributed by atoms with Gasteiger partial charge in [0.1, 0.15) is 4.90 Å². The number of piperidine rings is 1. The van der Waals surface area contributed by atoms with E-state index < -0.39 is 10.0 Å². The van der Waals surface area contributed by atoms with E-state index in [-0.39, 0.29) is 10.3 Å². The van der Waals surface area contributed by atoms with Gasteiger partial charge in [0.25, 0.3) is 0 Å². The summed E-state index contributed by atoms with van der Waals surface area (Å²) in [5.74, 6) is 0. The first-order valence-corrected chi connectivity index (χ1v) is 8.17. The van der Waals surface area contributed by atoms with Crippen molar-refractivity contribution >= 4 is 10.0 Å². The van der Waals surface area contributed by atoms with Gasteiger partial charge in [-0.3, -0.25) is 5.10 Å². The number of rotatable bonds is 6. The fourth-order valence-corrected chi connectivity index (χ4v) is 3.86. The van der Waals surface area contributed by atoms with Crippen molar-refractivity contribution in [2.24, 2.45) is 5.41 Å². The summed E-state index contributed by atoms with van der Waals surface area (Å²) >= 11 is 0. The smallest absolute Gasteiger partial charge is 0.243 e. The maximum absolute atomic E-state index is 12.3. The number of nitrogens with one attached hydrogen (secondary N) is 3. The Bertz CT molecular complexity index is 529. The summed E-state index contributed by atoms with van der Waals surface area (Å²) in [5, 5.41) is 9.69. The van der Waals surface area contributed by atoms with Crippen LogP contribution in [-0.4, -0.2) is 52.0 Å². The molecule has 1 aromatic rings. The molecule has 1 fully saturated rings. The largest absolute Gasteiger partial charge is 0.384 e. The Morgan fingerprint density at radius 2 is 2.15 bits per heavy atom. The van der Waals surface area contributed by atoms with Gasteiger partial charge in [-0.2, -0.15) is 5.10 Å². The zero-order chi connectivity index (χ0) is 14.6. The second kappa shape index (κ2) is 6.21. The van der Waals surface area contributed by atoms with Crippen molar-refractivity contribution in [1.82, 2.24) is 20.2 Å². The fraction of sp³-hybridized carbons (Fsp3) is 0.750. The Morgan fingerprint density at radius 3 is 2.70 bits per heavy atom. The quantitative estimate of drug-likeness (QED) is 0.688. The molecule has 3 N–H and O–H groups in total. The molecule has 0 saturated carbocycles. The van der Waals surface area contributed by atoms with Crippen LogP contribution in [0.2, 0.25) is 0 Å². The van der Waals surface area contributed by atoms with Crippen LogP contribution in [0.5, 0.6) is 0 Å². The van der Waals surface area contributed by atoms with Crippen molar-refractivity contribution in [2.75, 3.05) is 33.4 Å². The van der Waals surface area contributed by atoms with Gasteiger partial charge in [0.15, 0.2) is 0 Å². The third-order valence-corrected chi connectivity index (χ3v) is 5.34. The van der Waals surface area contributed by atoms with E-state index in [0.29, 0.717) is 18.8 Å². The monoisotopic (exact) mass is 302 g/mol. The predicted molar refractivity (Wildman–Crippen MR) is 74.9 cm³/mol. The number of hydrogen-bond donors (Lipinski definition) is 3. The van der Waals surface area contributed by atoms with E-state index in [1.807, 2.05) is 0 Å². The molecule has 1 aromatic heterocycles. The highest BCUT2D eigenvalue weighted by molar-refractivity contribution is 7.89. The molecule has 7 nitrogen and oxygen atoms in total. The first kappa shape index (κ1) is 15.4. The number of aromatic amines is 1. The molecular weight excluding hydrogens is 280 g/mol. The third kappa shape index (κ3) is 3.38. The van der Waals surface area contributed by atoms with Crippen molar-refractivity contribution in [3.63, 3.8) is 0 Å². The molecule has 0 bridgehead atoms. The number of aromatic nitrogens is 2. The summed E-state index contributed by atoms with van der Waals surface area (Å²) in [6.07, 6.45) is 3.13. The Hall–Kier alpha value is -0.960. The van der Waals surface area contributed by atoms with E-state index in [4.69, 9.17) is 4.74 Å². The van der Waals surface area contributed by atoms with Crippen molar-refractivity contribution in [2.45, 2.75) is 24.7 Å². The lowest BCUT2D eigenvalue weighted by molar-refractivity contribution is 0.0577. The summed E-state index contributed by atoms with van der Waals surface area (Å²) in [6, 6.07) is 0. The molecule has 114 valence electrons. The molecule has 8 heteroatoms. The van der Waals surface area contributed by atoms with Crippen molar-refractivity contribution in [3.8, 4) is 0 Å². The number of H-pyrrole nitrogens is 1. The van der Waals surface area contributed by atoms with Gasteiger partial charge in [0.05, 0.1) is 18.5 Å². The number of methoxy groups -OCH3 is 1. The van der Waals surface area contributed by atoms with Crippen LogP contribution in [0.1, 0.15) is 18.5 Å². The minimum Gasteiger partial charge on any atom is -0.384 e. The van der Waals surface area contributed by atoms with Gasteiger partial charge in [-0.1, -0.05) is 0 Å². The normalized spacial score (nSPS) is 19.1. The molecule has 0 amide bonds. The zero-order valence-corrected chi connectivity index (χ0v) is 12.7. The fourth-order valence-electron chi connectivity index (χ4n) is 2.57. The summed E-state index contributed by atoms with van der Waals surface area (Å²) in [5.41, 5.74) is 0.411. The third-order valence-electron chi connectivity index (χ3n) is 3.83. The zero-order valence-electron chi connectivity index (χ0n) is 11.9. The molecule has 0 unspecified atom stereocenters. The van der Waals surface area contributed by atoms with Gasteiger partial charge in [0, 0.05) is 19.1 Å². The minimum absolute atomic E-state index is 0.134. The highest BCUT2D eigenvalue weighted by atomic mass is 32.2.